The zero-order chi connectivity index (χ0) is 22.2. The van der Waals surface area contributed by atoms with Crippen LogP contribution in [0.25, 0.3) is 0 Å². The van der Waals surface area contributed by atoms with Gasteiger partial charge in [-0.2, -0.15) is 0 Å². The second-order valence-corrected chi connectivity index (χ2v) is 8.01. The van der Waals surface area contributed by atoms with Crippen molar-refractivity contribution in [3.05, 3.63) is 65.2 Å². The van der Waals surface area contributed by atoms with Crippen molar-refractivity contribution < 1.29 is 14.3 Å². The summed E-state index contributed by atoms with van der Waals surface area (Å²) in [5.41, 5.74) is 3.20. The van der Waals surface area contributed by atoms with Gasteiger partial charge < -0.3 is 20.3 Å². The monoisotopic (exact) mass is 424 g/mol. The summed E-state index contributed by atoms with van der Waals surface area (Å²) >= 11 is 0. The van der Waals surface area contributed by atoms with Crippen LogP contribution >= 0.6 is 0 Å². The topological polar surface area (TPSA) is 73.9 Å². The summed E-state index contributed by atoms with van der Waals surface area (Å²) in [5.74, 6) is -0.437. The molecule has 0 aromatic heterocycles. The van der Waals surface area contributed by atoms with E-state index in [0.717, 1.165) is 48.6 Å². The molecule has 2 aromatic carbocycles. The van der Waals surface area contributed by atoms with Crippen molar-refractivity contribution in [2.45, 2.75) is 19.5 Å². The number of ether oxygens (including phenoxy) is 1. The van der Waals surface area contributed by atoms with Gasteiger partial charge in [0.05, 0.1) is 13.2 Å². The van der Waals surface area contributed by atoms with Crippen molar-refractivity contribution >= 4 is 11.8 Å². The fourth-order valence-electron chi connectivity index (χ4n) is 3.66. The van der Waals surface area contributed by atoms with Crippen LogP contribution in [0.3, 0.4) is 0 Å². The predicted octanol–water partition coefficient (Wildman–Crippen LogP) is 1.72. The van der Waals surface area contributed by atoms with Crippen LogP contribution in [0, 0.1) is 6.92 Å². The molecule has 1 fully saturated rings. The van der Waals surface area contributed by atoms with Crippen molar-refractivity contribution in [2.24, 2.45) is 0 Å². The molecule has 0 spiro atoms. The molecule has 7 nitrogen and oxygen atoms in total. The molecule has 1 aliphatic rings. The number of hydrogen-bond acceptors (Lipinski definition) is 5. The molecule has 1 heterocycles. The average molecular weight is 425 g/mol. The van der Waals surface area contributed by atoms with Crippen LogP contribution in [0.15, 0.2) is 48.5 Å². The third-order valence-electron chi connectivity index (χ3n) is 5.72. The number of piperazine rings is 1. The Morgan fingerprint density at radius 1 is 0.935 bits per heavy atom. The lowest BCUT2D eigenvalue weighted by Crippen LogP contribution is -2.49. The summed E-state index contributed by atoms with van der Waals surface area (Å²) in [5, 5.41) is 5.52. The molecule has 2 N–H and O–H groups in total. The van der Waals surface area contributed by atoms with Crippen molar-refractivity contribution in [1.29, 1.82) is 0 Å². The Morgan fingerprint density at radius 3 is 2.16 bits per heavy atom. The van der Waals surface area contributed by atoms with Crippen molar-refractivity contribution in [2.75, 3.05) is 46.9 Å². The van der Waals surface area contributed by atoms with E-state index in [1.807, 2.05) is 55.5 Å². The minimum absolute atomic E-state index is 0.00606. The highest BCUT2D eigenvalue weighted by atomic mass is 16.5. The number of rotatable bonds is 7. The standard InChI is InChI=1S/C24H32N4O3/c1-18-4-6-19(7-5-18)16-25-23(29)24(30)26-17-22(28-14-12-27(2)13-15-28)20-8-10-21(31-3)11-9-20/h4-11,22H,12-17H2,1-3H3,(H,25,29)(H,26,30)/t22-/m1/s1. The molecule has 3 rings (SSSR count). The molecule has 166 valence electrons. The van der Waals surface area contributed by atoms with Gasteiger partial charge in [0.1, 0.15) is 5.75 Å². The van der Waals surface area contributed by atoms with E-state index in [2.05, 4.69) is 27.5 Å². The van der Waals surface area contributed by atoms with Gasteiger partial charge in [-0.1, -0.05) is 42.0 Å². The zero-order valence-corrected chi connectivity index (χ0v) is 18.6. The number of hydrogen-bond donors (Lipinski definition) is 2. The first kappa shape index (κ1) is 22.8. The molecule has 0 saturated carbocycles. The van der Waals surface area contributed by atoms with Gasteiger partial charge in [-0.25, -0.2) is 0 Å². The Bertz CT molecular complexity index is 859. The van der Waals surface area contributed by atoms with Gasteiger partial charge in [-0.15, -0.1) is 0 Å². The molecule has 0 bridgehead atoms. The second kappa shape index (κ2) is 10.9. The first-order chi connectivity index (χ1) is 15.0. The van der Waals surface area contributed by atoms with E-state index in [1.165, 1.54) is 0 Å². The Balaban J connectivity index is 1.59. The van der Waals surface area contributed by atoms with E-state index >= 15 is 0 Å². The fourth-order valence-corrected chi connectivity index (χ4v) is 3.66. The molecule has 1 saturated heterocycles. The maximum absolute atomic E-state index is 12.4. The summed E-state index contributed by atoms with van der Waals surface area (Å²) in [7, 11) is 3.75. The summed E-state index contributed by atoms with van der Waals surface area (Å²) in [6.07, 6.45) is 0. The maximum atomic E-state index is 12.4. The lowest BCUT2D eigenvalue weighted by atomic mass is 10.0. The third-order valence-corrected chi connectivity index (χ3v) is 5.72. The van der Waals surface area contributed by atoms with Gasteiger partial charge in [0.2, 0.25) is 0 Å². The predicted molar refractivity (Wildman–Crippen MR) is 121 cm³/mol. The summed E-state index contributed by atoms with van der Waals surface area (Å²) in [4.78, 5) is 29.3. The second-order valence-electron chi connectivity index (χ2n) is 8.01. The molecule has 0 unspecified atom stereocenters. The molecule has 7 heteroatoms. The molecule has 1 atom stereocenters. The van der Waals surface area contributed by atoms with Gasteiger partial charge in [-0.3, -0.25) is 14.5 Å². The van der Waals surface area contributed by atoms with Crippen LogP contribution in [0.1, 0.15) is 22.7 Å². The van der Waals surface area contributed by atoms with Crippen molar-refractivity contribution in [1.82, 2.24) is 20.4 Å². The lowest BCUT2D eigenvalue weighted by molar-refractivity contribution is -0.139. The number of nitrogens with one attached hydrogen (secondary N) is 2. The molecule has 1 aliphatic heterocycles. The summed E-state index contributed by atoms with van der Waals surface area (Å²) < 4.78 is 5.27. The number of aryl methyl sites for hydroxylation is 1. The number of benzene rings is 2. The van der Waals surface area contributed by atoms with E-state index in [9.17, 15) is 9.59 Å². The molecule has 2 aromatic rings. The van der Waals surface area contributed by atoms with Gasteiger partial charge >= 0.3 is 11.8 Å². The Labute approximate surface area is 184 Å². The molecular formula is C24H32N4O3. The highest BCUT2D eigenvalue weighted by Crippen LogP contribution is 2.24. The van der Waals surface area contributed by atoms with Crippen LogP contribution in [0.5, 0.6) is 5.75 Å². The largest absolute Gasteiger partial charge is 0.497 e. The number of nitrogens with zero attached hydrogens (tertiary/aromatic N) is 2. The normalized spacial score (nSPS) is 15.8. The van der Waals surface area contributed by atoms with Crippen LogP contribution in [-0.4, -0.2) is 68.5 Å². The summed E-state index contributed by atoms with van der Waals surface area (Å²) in [6.45, 7) is 6.45. The van der Waals surface area contributed by atoms with Gasteiger partial charge in [0.15, 0.2) is 0 Å². The molecule has 2 amide bonds. The Kier molecular flexibility index (Phi) is 8.03. The number of amides is 2. The van der Waals surface area contributed by atoms with Gasteiger partial charge in [-0.05, 0) is 37.2 Å². The SMILES string of the molecule is COc1ccc([C@@H](CNC(=O)C(=O)NCc2ccc(C)cc2)N2CCN(C)CC2)cc1. The van der Waals surface area contributed by atoms with E-state index < -0.39 is 11.8 Å². The van der Waals surface area contributed by atoms with E-state index in [-0.39, 0.29) is 6.04 Å². The van der Waals surface area contributed by atoms with E-state index in [0.29, 0.717) is 13.1 Å². The van der Waals surface area contributed by atoms with Crippen LogP contribution in [0.2, 0.25) is 0 Å². The third kappa shape index (κ3) is 6.54. The Hall–Kier alpha value is -2.90. The first-order valence-corrected chi connectivity index (χ1v) is 10.6. The smallest absolute Gasteiger partial charge is 0.309 e. The number of methoxy groups -OCH3 is 1. The lowest BCUT2D eigenvalue weighted by Gasteiger charge is -2.38. The Morgan fingerprint density at radius 2 is 1.55 bits per heavy atom. The van der Waals surface area contributed by atoms with Crippen molar-refractivity contribution in [3.63, 3.8) is 0 Å². The van der Waals surface area contributed by atoms with E-state index in [4.69, 9.17) is 4.74 Å². The highest BCUT2D eigenvalue weighted by Gasteiger charge is 2.25. The minimum atomic E-state index is -0.618. The van der Waals surface area contributed by atoms with Crippen LogP contribution in [0.4, 0.5) is 0 Å². The fraction of sp³-hybridized carbons (Fsp3) is 0.417. The van der Waals surface area contributed by atoms with Crippen LogP contribution in [-0.2, 0) is 16.1 Å². The summed E-state index contributed by atoms with van der Waals surface area (Å²) in [6, 6.07) is 15.7. The van der Waals surface area contributed by atoms with Crippen LogP contribution < -0.4 is 15.4 Å². The number of carbonyl (C=O) groups is 2. The average Bonchev–Trinajstić information content (AvgIpc) is 2.80. The van der Waals surface area contributed by atoms with Crippen molar-refractivity contribution in [3.8, 4) is 5.75 Å². The first-order valence-electron chi connectivity index (χ1n) is 10.6. The molecule has 31 heavy (non-hydrogen) atoms. The zero-order valence-electron chi connectivity index (χ0n) is 18.6. The molecular weight excluding hydrogens is 392 g/mol. The molecule has 0 aliphatic carbocycles. The number of carbonyl (C=O) groups excluding carboxylic acids is 2. The quantitative estimate of drug-likeness (QED) is 0.663. The van der Waals surface area contributed by atoms with E-state index in [1.54, 1.807) is 7.11 Å². The minimum Gasteiger partial charge on any atom is -0.497 e. The van der Waals surface area contributed by atoms with Gasteiger partial charge in [0.25, 0.3) is 0 Å². The van der Waals surface area contributed by atoms with Gasteiger partial charge in [0, 0.05) is 39.3 Å². The highest BCUT2D eigenvalue weighted by molar-refractivity contribution is 6.35. The molecule has 0 radical (unpaired) electrons. The maximum Gasteiger partial charge on any atom is 0.309 e. The number of likely N-dealkylation sites (N-methyl/N-ethyl adjacent to an activating group) is 1.